The molecule has 1 fully saturated rings. The Hall–Kier alpha value is -0.0800. The van der Waals surface area contributed by atoms with Gasteiger partial charge in [-0.25, -0.2) is 0 Å². The summed E-state index contributed by atoms with van der Waals surface area (Å²) in [5.74, 6) is 2.55. The monoisotopic (exact) mass is 255 g/mol. The van der Waals surface area contributed by atoms with Gasteiger partial charge in [-0.05, 0) is 51.0 Å². The van der Waals surface area contributed by atoms with E-state index < -0.39 is 0 Å². The first-order chi connectivity index (χ1) is 8.65. The lowest BCUT2D eigenvalue weighted by Crippen LogP contribution is -2.33. The van der Waals surface area contributed by atoms with Gasteiger partial charge in [0.2, 0.25) is 0 Å². The SMILES string of the molecule is CNC(C)C(CCCCC1CCOCC1)C(C)C. The van der Waals surface area contributed by atoms with Gasteiger partial charge in [0.15, 0.2) is 0 Å². The lowest BCUT2D eigenvalue weighted by Gasteiger charge is -2.28. The molecule has 0 aliphatic carbocycles. The highest BCUT2D eigenvalue weighted by Gasteiger charge is 2.19. The van der Waals surface area contributed by atoms with Crippen LogP contribution in [0.2, 0.25) is 0 Å². The summed E-state index contributed by atoms with van der Waals surface area (Å²) < 4.78 is 5.41. The van der Waals surface area contributed by atoms with Crippen molar-refractivity contribution < 1.29 is 4.74 Å². The highest BCUT2D eigenvalue weighted by molar-refractivity contribution is 4.74. The van der Waals surface area contributed by atoms with Crippen molar-refractivity contribution in [2.75, 3.05) is 20.3 Å². The maximum absolute atomic E-state index is 5.41. The van der Waals surface area contributed by atoms with Crippen LogP contribution in [0, 0.1) is 17.8 Å². The maximum atomic E-state index is 5.41. The molecule has 0 aromatic carbocycles. The van der Waals surface area contributed by atoms with E-state index in [9.17, 15) is 0 Å². The molecule has 0 amide bonds. The van der Waals surface area contributed by atoms with Crippen molar-refractivity contribution in [3.8, 4) is 0 Å². The average Bonchev–Trinajstić information content (AvgIpc) is 2.38. The molecule has 0 aromatic rings. The molecule has 1 aliphatic rings. The fraction of sp³-hybridized carbons (Fsp3) is 1.00. The van der Waals surface area contributed by atoms with Gasteiger partial charge in [0.05, 0.1) is 0 Å². The van der Waals surface area contributed by atoms with Crippen molar-refractivity contribution in [3.63, 3.8) is 0 Å². The Morgan fingerprint density at radius 2 is 1.78 bits per heavy atom. The van der Waals surface area contributed by atoms with Crippen LogP contribution in [0.25, 0.3) is 0 Å². The van der Waals surface area contributed by atoms with Crippen molar-refractivity contribution in [1.29, 1.82) is 0 Å². The molecule has 18 heavy (non-hydrogen) atoms. The Labute approximate surface area is 114 Å². The summed E-state index contributed by atoms with van der Waals surface area (Å²) >= 11 is 0. The van der Waals surface area contributed by atoms with Gasteiger partial charge < -0.3 is 10.1 Å². The fourth-order valence-corrected chi connectivity index (χ4v) is 3.22. The third-order valence-electron chi connectivity index (χ3n) is 4.69. The van der Waals surface area contributed by atoms with Gasteiger partial charge in [-0.1, -0.05) is 33.1 Å². The fourth-order valence-electron chi connectivity index (χ4n) is 3.22. The van der Waals surface area contributed by atoms with Gasteiger partial charge in [0.1, 0.15) is 0 Å². The number of rotatable bonds is 8. The largest absolute Gasteiger partial charge is 0.381 e. The molecule has 0 aromatic heterocycles. The molecule has 2 heteroatoms. The molecule has 1 N–H and O–H groups in total. The molecule has 2 nitrogen and oxygen atoms in total. The summed E-state index contributed by atoms with van der Waals surface area (Å²) in [6.45, 7) is 9.03. The first kappa shape index (κ1) is 16.0. The number of ether oxygens (including phenoxy) is 1. The van der Waals surface area contributed by atoms with E-state index in [0.717, 1.165) is 31.0 Å². The standard InChI is InChI=1S/C16H33NO/c1-13(2)16(14(3)17-4)8-6-5-7-15-9-11-18-12-10-15/h13-17H,5-12H2,1-4H3. The van der Waals surface area contributed by atoms with Crippen LogP contribution in [-0.4, -0.2) is 26.3 Å². The second kappa shape index (κ2) is 8.92. The third kappa shape index (κ3) is 5.71. The molecule has 0 spiro atoms. The smallest absolute Gasteiger partial charge is 0.0468 e. The summed E-state index contributed by atoms with van der Waals surface area (Å²) in [5.41, 5.74) is 0. The van der Waals surface area contributed by atoms with Crippen molar-refractivity contribution in [3.05, 3.63) is 0 Å². The zero-order chi connectivity index (χ0) is 13.4. The van der Waals surface area contributed by atoms with E-state index >= 15 is 0 Å². The van der Waals surface area contributed by atoms with E-state index in [1.165, 1.54) is 38.5 Å². The predicted molar refractivity (Wildman–Crippen MR) is 78.9 cm³/mol. The molecule has 1 heterocycles. The minimum absolute atomic E-state index is 0.646. The lowest BCUT2D eigenvalue weighted by atomic mass is 9.84. The van der Waals surface area contributed by atoms with E-state index in [0.29, 0.717) is 6.04 Å². The van der Waals surface area contributed by atoms with E-state index in [-0.39, 0.29) is 0 Å². The second-order valence-electron chi connectivity index (χ2n) is 6.33. The van der Waals surface area contributed by atoms with Gasteiger partial charge in [0.25, 0.3) is 0 Å². The first-order valence-electron chi connectivity index (χ1n) is 7.90. The Kier molecular flexibility index (Phi) is 7.92. The van der Waals surface area contributed by atoms with Crippen LogP contribution in [0.15, 0.2) is 0 Å². The zero-order valence-corrected chi connectivity index (χ0v) is 12.9. The third-order valence-corrected chi connectivity index (χ3v) is 4.69. The van der Waals surface area contributed by atoms with E-state index in [4.69, 9.17) is 4.74 Å². The number of nitrogens with one attached hydrogen (secondary N) is 1. The molecule has 0 bridgehead atoms. The zero-order valence-electron chi connectivity index (χ0n) is 12.9. The van der Waals surface area contributed by atoms with Gasteiger partial charge in [-0.3, -0.25) is 0 Å². The van der Waals surface area contributed by atoms with Crippen LogP contribution in [-0.2, 0) is 4.74 Å². The molecule has 0 radical (unpaired) electrons. The van der Waals surface area contributed by atoms with Crippen LogP contribution in [0.4, 0.5) is 0 Å². The second-order valence-corrected chi connectivity index (χ2v) is 6.33. The Morgan fingerprint density at radius 1 is 1.11 bits per heavy atom. The first-order valence-corrected chi connectivity index (χ1v) is 7.90. The van der Waals surface area contributed by atoms with Gasteiger partial charge >= 0.3 is 0 Å². The van der Waals surface area contributed by atoms with Crippen LogP contribution in [0.3, 0.4) is 0 Å². The summed E-state index contributed by atoms with van der Waals surface area (Å²) in [4.78, 5) is 0. The molecule has 1 saturated heterocycles. The van der Waals surface area contributed by atoms with Crippen LogP contribution >= 0.6 is 0 Å². The molecule has 1 rings (SSSR count). The number of hydrogen-bond acceptors (Lipinski definition) is 2. The maximum Gasteiger partial charge on any atom is 0.0468 e. The number of hydrogen-bond donors (Lipinski definition) is 1. The van der Waals surface area contributed by atoms with Gasteiger partial charge in [0, 0.05) is 19.3 Å². The minimum atomic E-state index is 0.646. The molecule has 2 unspecified atom stereocenters. The number of unbranched alkanes of at least 4 members (excludes halogenated alkanes) is 1. The molecular formula is C16H33NO. The summed E-state index contributed by atoms with van der Waals surface area (Å²) in [6.07, 6.45) is 8.18. The van der Waals surface area contributed by atoms with Crippen molar-refractivity contribution in [1.82, 2.24) is 5.32 Å². The Morgan fingerprint density at radius 3 is 2.33 bits per heavy atom. The molecule has 1 aliphatic heterocycles. The lowest BCUT2D eigenvalue weighted by molar-refractivity contribution is 0.0629. The summed E-state index contributed by atoms with van der Waals surface area (Å²) in [7, 11) is 2.09. The van der Waals surface area contributed by atoms with Crippen molar-refractivity contribution in [2.24, 2.45) is 17.8 Å². The van der Waals surface area contributed by atoms with Crippen molar-refractivity contribution >= 4 is 0 Å². The van der Waals surface area contributed by atoms with Gasteiger partial charge in [-0.2, -0.15) is 0 Å². The highest BCUT2D eigenvalue weighted by atomic mass is 16.5. The normalized spacial score (nSPS) is 21.2. The molecule has 2 atom stereocenters. The predicted octanol–water partition coefficient (Wildman–Crippen LogP) is 3.85. The highest BCUT2D eigenvalue weighted by Crippen LogP contribution is 2.25. The van der Waals surface area contributed by atoms with Crippen LogP contribution < -0.4 is 5.32 Å². The Bertz CT molecular complexity index is 199. The molecular weight excluding hydrogens is 222 g/mol. The van der Waals surface area contributed by atoms with E-state index in [2.05, 4.69) is 33.1 Å². The molecule has 108 valence electrons. The topological polar surface area (TPSA) is 21.3 Å². The van der Waals surface area contributed by atoms with E-state index in [1.54, 1.807) is 0 Å². The van der Waals surface area contributed by atoms with Crippen LogP contribution in [0.5, 0.6) is 0 Å². The van der Waals surface area contributed by atoms with Crippen molar-refractivity contribution in [2.45, 2.75) is 65.3 Å². The van der Waals surface area contributed by atoms with E-state index in [1.807, 2.05) is 0 Å². The quantitative estimate of drug-likeness (QED) is 0.665. The Balaban J connectivity index is 2.14. The van der Waals surface area contributed by atoms with Crippen LogP contribution in [0.1, 0.15) is 59.3 Å². The average molecular weight is 255 g/mol. The summed E-state index contributed by atoms with van der Waals surface area (Å²) in [5, 5.41) is 3.42. The minimum Gasteiger partial charge on any atom is -0.381 e. The van der Waals surface area contributed by atoms with Gasteiger partial charge in [-0.15, -0.1) is 0 Å². The summed E-state index contributed by atoms with van der Waals surface area (Å²) in [6, 6.07) is 0.646. The molecule has 0 saturated carbocycles.